The van der Waals surface area contributed by atoms with Crippen LogP contribution >= 0.6 is 11.8 Å². The van der Waals surface area contributed by atoms with Gasteiger partial charge in [-0.25, -0.2) is 4.58 Å². The van der Waals surface area contributed by atoms with E-state index in [9.17, 15) is 0 Å². The lowest BCUT2D eigenvalue weighted by Gasteiger charge is -2.11. The third-order valence-electron chi connectivity index (χ3n) is 2.47. The molecule has 2 rings (SSSR count). The summed E-state index contributed by atoms with van der Waals surface area (Å²) in [5.74, 6) is 0. The van der Waals surface area contributed by atoms with E-state index in [0.717, 1.165) is 6.54 Å². The Morgan fingerprint density at radius 3 is 2.92 bits per heavy atom. The molecule has 12 heavy (non-hydrogen) atoms. The molecule has 0 saturated carbocycles. The summed E-state index contributed by atoms with van der Waals surface area (Å²) >= 11 is 1.99. The Morgan fingerprint density at radius 1 is 1.42 bits per heavy atom. The van der Waals surface area contributed by atoms with Crippen LogP contribution < -0.4 is 0 Å². The number of hydrogen-bond acceptors (Lipinski definition) is 1. The second-order valence-electron chi connectivity index (χ2n) is 3.15. The van der Waals surface area contributed by atoms with E-state index in [0.29, 0.717) is 11.3 Å². The molecule has 2 aliphatic rings. The summed E-state index contributed by atoms with van der Waals surface area (Å²) in [4.78, 5) is 0. The van der Waals surface area contributed by atoms with Gasteiger partial charge in [-0.05, 0) is 24.8 Å². The van der Waals surface area contributed by atoms with Gasteiger partial charge in [0.15, 0.2) is 6.04 Å². The standard InChI is InChI=1S/C10H14NS/c1-3-11-8(2)12-10-7-5-4-6-9(10)11/h4-7,9-10H,3H2,1-2H3/q+1. The minimum absolute atomic E-state index is 0.616. The van der Waals surface area contributed by atoms with Crippen LogP contribution in [0.5, 0.6) is 0 Å². The summed E-state index contributed by atoms with van der Waals surface area (Å²) in [7, 11) is 0. The van der Waals surface area contributed by atoms with Crippen LogP contribution in [0.2, 0.25) is 0 Å². The fraction of sp³-hybridized carbons (Fsp3) is 0.500. The molecule has 0 aromatic rings. The Balaban J connectivity index is 2.29. The van der Waals surface area contributed by atoms with E-state index in [4.69, 9.17) is 0 Å². The molecular formula is C10H14NS+. The maximum atomic E-state index is 2.47. The molecule has 1 aliphatic heterocycles. The van der Waals surface area contributed by atoms with E-state index in [2.05, 4.69) is 42.7 Å². The van der Waals surface area contributed by atoms with E-state index in [-0.39, 0.29) is 0 Å². The first-order chi connectivity index (χ1) is 5.83. The Hall–Kier alpha value is -0.500. The smallest absolute Gasteiger partial charge is 0.208 e. The van der Waals surface area contributed by atoms with Crippen LogP contribution in [0.1, 0.15) is 13.8 Å². The van der Waals surface area contributed by atoms with Gasteiger partial charge >= 0.3 is 0 Å². The Bertz CT molecular complexity index is 276. The van der Waals surface area contributed by atoms with Crippen molar-refractivity contribution in [1.29, 1.82) is 0 Å². The van der Waals surface area contributed by atoms with Crippen molar-refractivity contribution in [2.45, 2.75) is 25.1 Å². The van der Waals surface area contributed by atoms with Gasteiger partial charge in [0, 0.05) is 6.92 Å². The van der Waals surface area contributed by atoms with Gasteiger partial charge in [0.25, 0.3) is 0 Å². The maximum absolute atomic E-state index is 2.47. The number of nitrogens with zero attached hydrogens (tertiary/aromatic N) is 1. The third-order valence-corrected chi connectivity index (χ3v) is 3.75. The molecule has 0 N–H and O–H groups in total. The van der Waals surface area contributed by atoms with Gasteiger partial charge in [0.2, 0.25) is 5.04 Å². The van der Waals surface area contributed by atoms with Gasteiger partial charge in [-0.3, -0.25) is 0 Å². The van der Waals surface area contributed by atoms with Crippen LogP contribution in [-0.4, -0.2) is 27.5 Å². The summed E-state index contributed by atoms with van der Waals surface area (Å²) in [6, 6.07) is 0.616. The molecular weight excluding hydrogens is 166 g/mol. The molecule has 2 heteroatoms. The van der Waals surface area contributed by atoms with Gasteiger partial charge in [0.05, 0.1) is 5.25 Å². The molecule has 0 amide bonds. The van der Waals surface area contributed by atoms with Gasteiger partial charge in [-0.2, -0.15) is 0 Å². The van der Waals surface area contributed by atoms with Crippen molar-refractivity contribution in [3.63, 3.8) is 0 Å². The highest BCUT2D eigenvalue weighted by Gasteiger charge is 2.37. The second-order valence-corrected chi connectivity index (χ2v) is 4.52. The quantitative estimate of drug-likeness (QED) is 0.558. The first-order valence-corrected chi connectivity index (χ1v) is 5.32. The van der Waals surface area contributed by atoms with Crippen LogP contribution in [-0.2, 0) is 0 Å². The summed E-state index contributed by atoms with van der Waals surface area (Å²) in [6.45, 7) is 5.56. The molecule has 0 fully saturated rings. The lowest BCUT2D eigenvalue weighted by Crippen LogP contribution is -2.29. The number of thioether (sulfide) groups is 1. The fourth-order valence-electron chi connectivity index (χ4n) is 1.87. The highest BCUT2D eigenvalue weighted by Crippen LogP contribution is 2.30. The lowest BCUT2D eigenvalue weighted by atomic mass is 10.1. The summed E-state index contributed by atoms with van der Waals surface area (Å²) in [5, 5.41) is 2.12. The van der Waals surface area contributed by atoms with Crippen LogP contribution in [0.4, 0.5) is 0 Å². The summed E-state index contributed by atoms with van der Waals surface area (Å²) in [6.07, 6.45) is 8.91. The Morgan fingerprint density at radius 2 is 2.17 bits per heavy atom. The number of hydrogen-bond donors (Lipinski definition) is 0. The predicted molar refractivity (Wildman–Crippen MR) is 54.9 cm³/mol. The molecule has 2 atom stereocenters. The topological polar surface area (TPSA) is 3.01 Å². The third kappa shape index (κ3) is 1.14. The van der Waals surface area contributed by atoms with E-state index < -0.39 is 0 Å². The monoisotopic (exact) mass is 180 g/mol. The highest BCUT2D eigenvalue weighted by atomic mass is 32.2. The lowest BCUT2D eigenvalue weighted by molar-refractivity contribution is -0.544. The van der Waals surface area contributed by atoms with Crippen LogP contribution in [0.25, 0.3) is 0 Å². The zero-order valence-corrected chi connectivity index (χ0v) is 8.34. The maximum Gasteiger partial charge on any atom is 0.208 e. The molecule has 2 unspecified atom stereocenters. The van der Waals surface area contributed by atoms with Gasteiger partial charge in [0.1, 0.15) is 6.54 Å². The second kappa shape index (κ2) is 3.09. The minimum Gasteiger partial charge on any atom is -0.221 e. The first-order valence-electron chi connectivity index (χ1n) is 4.44. The molecule has 0 saturated heterocycles. The van der Waals surface area contributed by atoms with Crippen molar-refractivity contribution in [3.05, 3.63) is 24.3 Å². The highest BCUT2D eigenvalue weighted by molar-refractivity contribution is 8.14. The average molecular weight is 180 g/mol. The predicted octanol–water partition coefficient (Wildman–Crippen LogP) is 2.05. The van der Waals surface area contributed by atoms with Crippen molar-refractivity contribution >= 4 is 16.8 Å². The van der Waals surface area contributed by atoms with Crippen LogP contribution in [0.3, 0.4) is 0 Å². The average Bonchev–Trinajstić information content (AvgIpc) is 2.40. The van der Waals surface area contributed by atoms with Gasteiger partial charge < -0.3 is 0 Å². The van der Waals surface area contributed by atoms with Crippen LogP contribution in [0.15, 0.2) is 24.3 Å². The number of allylic oxidation sites excluding steroid dienone is 2. The normalized spacial score (nSPS) is 32.8. The number of likely N-dealkylation sites (N-methyl/N-ethyl adjacent to an activating group) is 1. The van der Waals surface area contributed by atoms with Crippen molar-refractivity contribution in [2.75, 3.05) is 6.54 Å². The molecule has 1 aliphatic carbocycles. The molecule has 0 aromatic heterocycles. The molecule has 64 valence electrons. The minimum atomic E-state index is 0.616. The summed E-state index contributed by atoms with van der Waals surface area (Å²) in [5.41, 5.74) is 0. The molecule has 0 aromatic carbocycles. The molecule has 0 radical (unpaired) electrons. The number of fused-ring (bicyclic) bond motifs is 1. The van der Waals surface area contributed by atoms with Gasteiger partial charge in [-0.1, -0.05) is 18.2 Å². The SMILES string of the molecule is CC[N+]1=C(C)SC2C=CC=CC21. The van der Waals surface area contributed by atoms with Crippen molar-refractivity contribution in [2.24, 2.45) is 0 Å². The van der Waals surface area contributed by atoms with E-state index in [1.807, 2.05) is 11.8 Å². The van der Waals surface area contributed by atoms with Crippen molar-refractivity contribution in [1.82, 2.24) is 0 Å². The molecule has 1 heterocycles. The number of rotatable bonds is 1. The Labute approximate surface area is 77.9 Å². The molecule has 1 nitrogen and oxygen atoms in total. The summed E-state index contributed by atoms with van der Waals surface area (Å²) < 4.78 is 2.47. The van der Waals surface area contributed by atoms with Gasteiger partial charge in [-0.15, -0.1) is 0 Å². The molecule has 0 spiro atoms. The first kappa shape index (κ1) is 8.11. The van der Waals surface area contributed by atoms with E-state index >= 15 is 0 Å². The van der Waals surface area contributed by atoms with Crippen molar-refractivity contribution < 1.29 is 4.58 Å². The molecule has 0 bridgehead atoms. The zero-order valence-electron chi connectivity index (χ0n) is 7.53. The van der Waals surface area contributed by atoms with E-state index in [1.165, 1.54) is 5.04 Å². The Kier molecular flexibility index (Phi) is 2.09. The largest absolute Gasteiger partial charge is 0.221 e. The van der Waals surface area contributed by atoms with Crippen LogP contribution in [0, 0.1) is 0 Å². The fourth-order valence-corrected chi connectivity index (χ4v) is 3.20. The zero-order chi connectivity index (χ0) is 8.55. The van der Waals surface area contributed by atoms with E-state index in [1.54, 1.807) is 0 Å². The van der Waals surface area contributed by atoms with Crippen molar-refractivity contribution in [3.8, 4) is 0 Å².